The summed E-state index contributed by atoms with van der Waals surface area (Å²) in [5, 5.41) is 0. The summed E-state index contributed by atoms with van der Waals surface area (Å²) in [6.07, 6.45) is 9.46. The monoisotopic (exact) mass is 287 g/mol. The van der Waals surface area contributed by atoms with Crippen LogP contribution in [0.25, 0.3) is 0 Å². The molecule has 0 N–H and O–H groups in total. The molecule has 0 atom stereocenters. The van der Waals surface area contributed by atoms with Gasteiger partial charge in [-0.2, -0.15) is 0 Å². The molecule has 0 aromatic carbocycles. The number of hydrogen-bond acceptors (Lipinski definition) is 2. The van der Waals surface area contributed by atoms with Gasteiger partial charge in [-0.15, -0.1) is 11.3 Å². The van der Waals surface area contributed by atoms with Gasteiger partial charge in [-0.3, -0.25) is 0 Å². The maximum atomic E-state index is 4.68. The van der Waals surface area contributed by atoms with Crippen LogP contribution < -0.4 is 0 Å². The second-order valence-corrected chi connectivity index (χ2v) is 6.68. The van der Waals surface area contributed by atoms with Crippen molar-refractivity contribution in [2.45, 2.75) is 57.8 Å². The molecule has 0 amide bonds. The summed E-state index contributed by atoms with van der Waals surface area (Å²) in [5.74, 6) is 0.741. The second kappa shape index (κ2) is 5.44. The fourth-order valence-electron chi connectivity index (χ4n) is 2.46. The standard InChI is InChI=1S/C12H18BrNS/c1-2-10-11(14-12(13)15-10)9-7-5-3-4-6-8-9/h9H,2-8H2,1H3. The first-order chi connectivity index (χ1) is 7.31. The van der Waals surface area contributed by atoms with Crippen LogP contribution in [0.4, 0.5) is 0 Å². The van der Waals surface area contributed by atoms with E-state index < -0.39 is 0 Å². The first kappa shape index (κ1) is 11.6. The van der Waals surface area contributed by atoms with Crippen molar-refractivity contribution in [1.82, 2.24) is 4.98 Å². The highest BCUT2D eigenvalue weighted by Crippen LogP contribution is 2.36. The van der Waals surface area contributed by atoms with E-state index in [1.165, 1.54) is 49.1 Å². The van der Waals surface area contributed by atoms with Crippen LogP contribution >= 0.6 is 27.3 Å². The number of hydrogen-bond donors (Lipinski definition) is 0. The Morgan fingerprint density at radius 3 is 2.53 bits per heavy atom. The van der Waals surface area contributed by atoms with Gasteiger partial charge in [0.2, 0.25) is 0 Å². The van der Waals surface area contributed by atoms with Crippen LogP contribution in [0.15, 0.2) is 3.92 Å². The summed E-state index contributed by atoms with van der Waals surface area (Å²) >= 11 is 5.34. The van der Waals surface area contributed by atoms with Gasteiger partial charge in [-0.05, 0) is 35.2 Å². The molecule has 1 fully saturated rings. The van der Waals surface area contributed by atoms with E-state index in [9.17, 15) is 0 Å². The average Bonchev–Trinajstić information content (AvgIpc) is 2.47. The fourth-order valence-corrected chi connectivity index (χ4v) is 4.04. The summed E-state index contributed by atoms with van der Waals surface area (Å²) in [4.78, 5) is 6.18. The molecule has 1 saturated carbocycles. The molecule has 3 heteroatoms. The van der Waals surface area contributed by atoms with Crippen LogP contribution in [-0.2, 0) is 6.42 Å². The fraction of sp³-hybridized carbons (Fsp3) is 0.750. The zero-order valence-electron chi connectivity index (χ0n) is 9.26. The molecule has 0 aliphatic heterocycles. The lowest BCUT2D eigenvalue weighted by Gasteiger charge is -2.12. The third-order valence-corrected chi connectivity index (χ3v) is 4.93. The van der Waals surface area contributed by atoms with Gasteiger partial charge in [-0.1, -0.05) is 32.6 Å². The summed E-state index contributed by atoms with van der Waals surface area (Å²) in [7, 11) is 0. The average molecular weight is 288 g/mol. The smallest absolute Gasteiger partial charge is 0.159 e. The molecule has 0 spiro atoms. The van der Waals surface area contributed by atoms with Crippen LogP contribution in [-0.4, -0.2) is 4.98 Å². The highest BCUT2D eigenvalue weighted by Gasteiger charge is 2.20. The molecule has 0 unspecified atom stereocenters. The van der Waals surface area contributed by atoms with Crippen LogP contribution in [0.3, 0.4) is 0 Å². The third-order valence-electron chi connectivity index (χ3n) is 3.26. The molecule has 0 bridgehead atoms. The van der Waals surface area contributed by atoms with Crippen molar-refractivity contribution in [1.29, 1.82) is 0 Å². The van der Waals surface area contributed by atoms with Gasteiger partial charge >= 0.3 is 0 Å². The maximum absolute atomic E-state index is 4.68. The first-order valence-electron chi connectivity index (χ1n) is 5.96. The van der Waals surface area contributed by atoms with E-state index >= 15 is 0 Å². The van der Waals surface area contributed by atoms with Gasteiger partial charge in [0.25, 0.3) is 0 Å². The van der Waals surface area contributed by atoms with E-state index in [1.807, 2.05) is 11.3 Å². The van der Waals surface area contributed by atoms with Gasteiger partial charge in [-0.25, -0.2) is 4.98 Å². The minimum Gasteiger partial charge on any atom is -0.234 e. The highest BCUT2D eigenvalue weighted by molar-refractivity contribution is 9.11. The SMILES string of the molecule is CCc1sc(Br)nc1C1CCCCCC1. The molecule has 1 nitrogen and oxygen atoms in total. The molecule has 1 aromatic heterocycles. The van der Waals surface area contributed by atoms with E-state index in [1.54, 1.807) is 0 Å². The molecule has 1 aromatic rings. The van der Waals surface area contributed by atoms with Crippen molar-refractivity contribution < 1.29 is 0 Å². The Balaban J connectivity index is 2.18. The Kier molecular flexibility index (Phi) is 4.21. The van der Waals surface area contributed by atoms with Gasteiger partial charge in [0.15, 0.2) is 3.92 Å². The molecular formula is C12H18BrNS. The molecule has 1 aliphatic carbocycles. The molecule has 0 radical (unpaired) electrons. The number of nitrogens with zero attached hydrogens (tertiary/aromatic N) is 1. The van der Waals surface area contributed by atoms with Crippen molar-refractivity contribution in [2.75, 3.05) is 0 Å². The van der Waals surface area contributed by atoms with Gasteiger partial charge < -0.3 is 0 Å². The van der Waals surface area contributed by atoms with Gasteiger partial charge in [0.1, 0.15) is 0 Å². The summed E-state index contributed by atoms with van der Waals surface area (Å²) < 4.78 is 1.07. The minimum absolute atomic E-state index is 0.741. The van der Waals surface area contributed by atoms with E-state index in [-0.39, 0.29) is 0 Å². The third kappa shape index (κ3) is 2.82. The normalized spacial score (nSPS) is 19.1. The van der Waals surface area contributed by atoms with Crippen molar-refractivity contribution in [3.8, 4) is 0 Å². The zero-order valence-corrected chi connectivity index (χ0v) is 11.7. The van der Waals surface area contributed by atoms with E-state index in [0.717, 1.165) is 16.3 Å². The van der Waals surface area contributed by atoms with Crippen LogP contribution in [0.1, 0.15) is 61.9 Å². The predicted octanol–water partition coefficient (Wildman–Crippen LogP) is 4.91. The summed E-state index contributed by atoms with van der Waals surface area (Å²) in [6, 6.07) is 0. The largest absolute Gasteiger partial charge is 0.234 e. The minimum atomic E-state index is 0.741. The quantitative estimate of drug-likeness (QED) is 0.705. The Labute approximate surface area is 104 Å². The predicted molar refractivity (Wildman–Crippen MR) is 69.6 cm³/mol. The lowest BCUT2D eigenvalue weighted by Crippen LogP contribution is -2.00. The van der Waals surface area contributed by atoms with Crippen molar-refractivity contribution in [3.05, 3.63) is 14.5 Å². The number of aryl methyl sites for hydroxylation is 1. The zero-order chi connectivity index (χ0) is 10.7. The second-order valence-electron chi connectivity index (χ2n) is 4.32. The van der Waals surface area contributed by atoms with E-state index in [0.29, 0.717) is 0 Å². The van der Waals surface area contributed by atoms with Crippen LogP contribution in [0.2, 0.25) is 0 Å². The first-order valence-corrected chi connectivity index (χ1v) is 7.57. The Bertz CT molecular complexity index is 313. The maximum Gasteiger partial charge on any atom is 0.159 e. The lowest BCUT2D eigenvalue weighted by atomic mass is 9.95. The Morgan fingerprint density at radius 1 is 1.27 bits per heavy atom. The molecule has 15 heavy (non-hydrogen) atoms. The Hall–Kier alpha value is 0.110. The number of thiazole rings is 1. The molecule has 1 aliphatic rings. The molecule has 1 heterocycles. The van der Waals surface area contributed by atoms with Crippen LogP contribution in [0.5, 0.6) is 0 Å². The van der Waals surface area contributed by atoms with Crippen molar-refractivity contribution in [3.63, 3.8) is 0 Å². The number of rotatable bonds is 2. The highest BCUT2D eigenvalue weighted by atomic mass is 79.9. The number of halogens is 1. The summed E-state index contributed by atoms with van der Waals surface area (Å²) in [6.45, 7) is 2.24. The van der Waals surface area contributed by atoms with E-state index in [4.69, 9.17) is 0 Å². The van der Waals surface area contributed by atoms with Crippen molar-refractivity contribution in [2.24, 2.45) is 0 Å². The van der Waals surface area contributed by atoms with Crippen LogP contribution in [0, 0.1) is 0 Å². The topological polar surface area (TPSA) is 12.9 Å². The molecule has 84 valence electrons. The Morgan fingerprint density at radius 2 is 1.93 bits per heavy atom. The van der Waals surface area contributed by atoms with Crippen molar-refractivity contribution >= 4 is 27.3 Å². The lowest BCUT2D eigenvalue weighted by molar-refractivity contribution is 0.576. The van der Waals surface area contributed by atoms with E-state index in [2.05, 4.69) is 27.8 Å². The molecule has 0 saturated heterocycles. The summed E-state index contributed by atoms with van der Waals surface area (Å²) in [5.41, 5.74) is 1.40. The molecular weight excluding hydrogens is 270 g/mol. The van der Waals surface area contributed by atoms with Gasteiger partial charge in [0, 0.05) is 10.8 Å². The van der Waals surface area contributed by atoms with Gasteiger partial charge in [0.05, 0.1) is 5.69 Å². The number of aromatic nitrogens is 1. The molecule has 2 rings (SSSR count).